The molecular formula is C19H19ClN2O2S. The Morgan fingerprint density at radius 2 is 1.96 bits per heavy atom. The Morgan fingerprint density at radius 3 is 2.72 bits per heavy atom. The van der Waals surface area contributed by atoms with Crippen molar-refractivity contribution in [3.63, 3.8) is 0 Å². The van der Waals surface area contributed by atoms with Gasteiger partial charge < -0.3 is 10.1 Å². The second kappa shape index (κ2) is 7.85. The number of amides is 1. The molecule has 3 aromatic rings. The number of thiazole rings is 1. The second-order valence-electron chi connectivity index (χ2n) is 5.83. The summed E-state index contributed by atoms with van der Waals surface area (Å²) in [5.74, 6) is 0.704. The summed E-state index contributed by atoms with van der Waals surface area (Å²) in [7, 11) is 0. The molecule has 4 nitrogen and oxygen atoms in total. The molecule has 0 saturated carbocycles. The Labute approximate surface area is 155 Å². The van der Waals surface area contributed by atoms with Crippen molar-refractivity contribution in [2.45, 2.75) is 26.7 Å². The minimum absolute atomic E-state index is 0.0480. The summed E-state index contributed by atoms with van der Waals surface area (Å²) in [5, 5.41) is 4.20. The molecule has 0 atom stereocenters. The fourth-order valence-corrected chi connectivity index (χ4v) is 3.48. The predicted octanol–water partition coefficient (Wildman–Crippen LogP) is 5.36. The van der Waals surface area contributed by atoms with Gasteiger partial charge in [0.05, 0.1) is 16.8 Å². The molecule has 130 valence electrons. The third kappa shape index (κ3) is 4.50. The zero-order chi connectivity index (χ0) is 17.8. The van der Waals surface area contributed by atoms with E-state index in [1.165, 1.54) is 16.9 Å². The van der Waals surface area contributed by atoms with Crippen LogP contribution in [0.3, 0.4) is 0 Å². The summed E-state index contributed by atoms with van der Waals surface area (Å²) >= 11 is 7.32. The number of carbonyl (C=O) groups excluding carboxylic acids is 1. The molecule has 0 saturated heterocycles. The van der Waals surface area contributed by atoms with Crippen LogP contribution in [0.25, 0.3) is 10.2 Å². The fourth-order valence-electron chi connectivity index (χ4n) is 2.41. The number of fused-ring (bicyclic) bond motifs is 1. The Hall–Kier alpha value is -2.11. The van der Waals surface area contributed by atoms with Crippen LogP contribution in [0, 0.1) is 13.8 Å². The van der Waals surface area contributed by atoms with E-state index >= 15 is 0 Å². The molecule has 0 fully saturated rings. The van der Waals surface area contributed by atoms with Crippen LogP contribution in [0.1, 0.15) is 24.0 Å². The Morgan fingerprint density at radius 1 is 1.20 bits per heavy atom. The number of hydrogen-bond acceptors (Lipinski definition) is 4. The van der Waals surface area contributed by atoms with Gasteiger partial charge in [-0.25, -0.2) is 4.98 Å². The van der Waals surface area contributed by atoms with E-state index in [9.17, 15) is 4.79 Å². The van der Waals surface area contributed by atoms with E-state index in [2.05, 4.69) is 30.2 Å². The number of aryl methyl sites for hydroxylation is 2. The van der Waals surface area contributed by atoms with Gasteiger partial charge in [-0.1, -0.05) is 29.0 Å². The van der Waals surface area contributed by atoms with Gasteiger partial charge in [0.2, 0.25) is 5.91 Å². The third-order valence-corrected chi connectivity index (χ3v) is 5.15. The Kier molecular flexibility index (Phi) is 5.56. The molecule has 1 amide bonds. The quantitative estimate of drug-likeness (QED) is 0.590. The molecule has 0 aliphatic heterocycles. The van der Waals surface area contributed by atoms with Gasteiger partial charge in [0.1, 0.15) is 5.75 Å². The topological polar surface area (TPSA) is 51.2 Å². The summed E-state index contributed by atoms with van der Waals surface area (Å²) in [6, 6.07) is 11.3. The third-order valence-electron chi connectivity index (χ3n) is 3.96. The van der Waals surface area contributed by atoms with Crippen LogP contribution in [0.2, 0.25) is 5.02 Å². The van der Waals surface area contributed by atoms with Gasteiger partial charge in [0.25, 0.3) is 0 Å². The van der Waals surface area contributed by atoms with Crippen molar-refractivity contribution in [3.05, 3.63) is 52.5 Å². The van der Waals surface area contributed by atoms with E-state index in [1.807, 2.05) is 18.2 Å². The van der Waals surface area contributed by atoms with Gasteiger partial charge >= 0.3 is 0 Å². The second-order valence-corrected chi connectivity index (χ2v) is 7.29. The van der Waals surface area contributed by atoms with Crippen LogP contribution in [-0.4, -0.2) is 17.5 Å². The Balaban J connectivity index is 1.49. The number of aromatic nitrogens is 1. The average Bonchev–Trinajstić information content (AvgIpc) is 3.00. The van der Waals surface area contributed by atoms with Crippen LogP contribution in [0.5, 0.6) is 5.75 Å². The summed E-state index contributed by atoms with van der Waals surface area (Å²) in [6.45, 7) is 4.59. The van der Waals surface area contributed by atoms with Crippen molar-refractivity contribution in [1.82, 2.24) is 4.98 Å². The number of benzene rings is 2. The first-order chi connectivity index (χ1) is 12.0. The molecule has 0 aliphatic carbocycles. The lowest BCUT2D eigenvalue weighted by atomic mass is 10.1. The molecule has 0 spiro atoms. The van der Waals surface area contributed by atoms with Crippen LogP contribution < -0.4 is 10.1 Å². The highest BCUT2D eigenvalue weighted by atomic mass is 35.5. The van der Waals surface area contributed by atoms with Crippen molar-refractivity contribution >= 4 is 44.2 Å². The van der Waals surface area contributed by atoms with Crippen LogP contribution in [0.15, 0.2) is 36.4 Å². The van der Waals surface area contributed by atoms with E-state index < -0.39 is 0 Å². The Bertz CT molecular complexity index is 890. The summed E-state index contributed by atoms with van der Waals surface area (Å²) in [5.41, 5.74) is 3.33. The lowest BCUT2D eigenvalue weighted by molar-refractivity contribution is -0.116. The van der Waals surface area contributed by atoms with E-state index in [1.54, 1.807) is 12.1 Å². The molecule has 0 unspecified atom stereocenters. The molecule has 2 aromatic carbocycles. The van der Waals surface area contributed by atoms with Crippen molar-refractivity contribution in [2.75, 3.05) is 11.9 Å². The van der Waals surface area contributed by atoms with Gasteiger partial charge in [-0.15, -0.1) is 0 Å². The lowest BCUT2D eigenvalue weighted by Gasteiger charge is -2.06. The molecule has 1 N–H and O–H groups in total. The van der Waals surface area contributed by atoms with Gasteiger partial charge in [0, 0.05) is 11.4 Å². The zero-order valence-electron chi connectivity index (χ0n) is 14.1. The van der Waals surface area contributed by atoms with Crippen molar-refractivity contribution in [1.29, 1.82) is 0 Å². The number of carbonyl (C=O) groups is 1. The van der Waals surface area contributed by atoms with E-state index in [0.29, 0.717) is 29.6 Å². The molecule has 0 radical (unpaired) electrons. The largest absolute Gasteiger partial charge is 0.494 e. The number of ether oxygens (including phenoxy) is 1. The van der Waals surface area contributed by atoms with Crippen LogP contribution >= 0.6 is 22.9 Å². The first-order valence-corrected chi connectivity index (χ1v) is 9.27. The highest BCUT2D eigenvalue weighted by Crippen LogP contribution is 2.29. The van der Waals surface area contributed by atoms with Gasteiger partial charge in [-0.3, -0.25) is 4.79 Å². The molecule has 25 heavy (non-hydrogen) atoms. The maximum Gasteiger partial charge on any atom is 0.226 e. The normalized spacial score (nSPS) is 10.8. The van der Waals surface area contributed by atoms with Crippen molar-refractivity contribution in [2.24, 2.45) is 0 Å². The smallest absolute Gasteiger partial charge is 0.226 e. The van der Waals surface area contributed by atoms with E-state index in [-0.39, 0.29) is 5.91 Å². The van der Waals surface area contributed by atoms with E-state index in [4.69, 9.17) is 16.3 Å². The van der Waals surface area contributed by atoms with Crippen molar-refractivity contribution < 1.29 is 9.53 Å². The standard InChI is InChI=1S/C19H19ClN2O2S/c1-12-5-10-16-18(13(12)2)22-19(25-16)21-17(23)4-3-11-24-15-8-6-14(20)7-9-15/h5-10H,3-4,11H2,1-2H3,(H,21,22,23). The van der Waals surface area contributed by atoms with Gasteiger partial charge in [-0.05, 0) is 61.7 Å². The molecule has 1 aromatic heterocycles. The molecule has 0 bridgehead atoms. The van der Waals surface area contributed by atoms with Crippen LogP contribution in [0.4, 0.5) is 5.13 Å². The minimum atomic E-state index is -0.0480. The highest BCUT2D eigenvalue weighted by Gasteiger charge is 2.10. The molecule has 3 rings (SSSR count). The van der Waals surface area contributed by atoms with Crippen molar-refractivity contribution in [3.8, 4) is 5.75 Å². The number of nitrogens with one attached hydrogen (secondary N) is 1. The number of nitrogens with zero attached hydrogens (tertiary/aromatic N) is 1. The first-order valence-electron chi connectivity index (χ1n) is 8.08. The minimum Gasteiger partial charge on any atom is -0.494 e. The maximum atomic E-state index is 12.1. The summed E-state index contributed by atoms with van der Waals surface area (Å²) < 4.78 is 6.67. The number of anilines is 1. The van der Waals surface area contributed by atoms with Gasteiger partial charge in [0.15, 0.2) is 5.13 Å². The molecule has 1 heterocycles. The first kappa shape index (κ1) is 17.7. The lowest BCUT2D eigenvalue weighted by Crippen LogP contribution is -2.12. The molecule has 0 aliphatic rings. The zero-order valence-corrected chi connectivity index (χ0v) is 15.7. The number of hydrogen-bond donors (Lipinski definition) is 1. The predicted molar refractivity (Wildman–Crippen MR) is 104 cm³/mol. The van der Waals surface area contributed by atoms with Gasteiger partial charge in [-0.2, -0.15) is 0 Å². The molecular weight excluding hydrogens is 356 g/mol. The number of halogens is 1. The van der Waals surface area contributed by atoms with E-state index in [0.717, 1.165) is 21.5 Å². The number of rotatable bonds is 6. The molecule has 6 heteroatoms. The fraction of sp³-hybridized carbons (Fsp3) is 0.263. The SMILES string of the molecule is Cc1ccc2sc(NC(=O)CCCOc3ccc(Cl)cc3)nc2c1C. The highest BCUT2D eigenvalue weighted by molar-refractivity contribution is 7.22. The average molecular weight is 375 g/mol. The maximum absolute atomic E-state index is 12.1. The monoisotopic (exact) mass is 374 g/mol. The van der Waals surface area contributed by atoms with Crippen LogP contribution in [-0.2, 0) is 4.79 Å². The summed E-state index contributed by atoms with van der Waals surface area (Å²) in [6.07, 6.45) is 1.03. The summed E-state index contributed by atoms with van der Waals surface area (Å²) in [4.78, 5) is 16.6.